The number of carbonyl (C=O) groups is 2. The largest absolute Gasteiger partial charge is 0.481 e. The van der Waals surface area contributed by atoms with Gasteiger partial charge in [-0.05, 0) is 59.8 Å². The van der Waals surface area contributed by atoms with Crippen LogP contribution < -0.4 is 11.1 Å². The Morgan fingerprint density at radius 3 is 2.45 bits per heavy atom. The molecule has 1 aliphatic rings. The molecule has 2 rings (SSSR count). The fraction of sp³-hybridized carbons (Fsp3) is 0.429. The van der Waals surface area contributed by atoms with Gasteiger partial charge in [-0.15, -0.1) is 0 Å². The van der Waals surface area contributed by atoms with Crippen LogP contribution in [0.3, 0.4) is 0 Å². The van der Waals surface area contributed by atoms with Gasteiger partial charge < -0.3 is 16.2 Å². The summed E-state index contributed by atoms with van der Waals surface area (Å²) in [6, 6.07) is 5.10. The first-order chi connectivity index (χ1) is 9.47. The van der Waals surface area contributed by atoms with Gasteiger partial charge in [-0.25, -0.2) is 0 Å². The monoisotopic (exact) mass is 340 g/mol. The molecule has 1 aromatic carbocycles. The summed E-state index contributed by atoms with van der Waals surface area (Å²) in [5.74, 6) is -1.16. The van der Waals surface area contributed by atoms with E-state index in [4.69, 9.17) is 10.8 Å². The molecule has 0 heterocycles. The third kappa shape index (κ3) is 3.50. The fourth-order valence-electron chi connectivity index (χ4n) is 2.42. The van der Waals surface area contributed by atoms with E-state index in [0.29, 0.717) is 41.4 Å². The third-order valence-corrected chi connectivity index (χ3v) is 4.36. The predicted octanol–water partition coefficient (Wildman–Crippen LogP) is 2.40. The number of halogens is 1. The van der Waals surface area contributed by atoms with Crippen molar-refractivity contribution in [2.75, 3.05) is 5.73 Å². The molecule has 108 valence electrons. The number of nitrogen functional groups attached to an aromatic ring is 1. The fourth-order valence-corrected chi connectivity index (χ4v) is 2.80. The highest BCUT2D eigenvalue weighted by Crippen LogP contribution is 2.25. The summed E-state index contributed by atoms with van der Waals surface area (Å²) < 4.78 is 0.694. The van der Waals surface area contributed by atoms with E-state index < -0.39 is 5.97 Å². The number of carbonyl (C=O) groups excluding carboxylic acids is 1. The standard InChI is InChI=1S/C14H17BrN2O3/c15-11-7-9(3-6-12(11)16)13(18)17-10-4-1-8(2-5-10)14(19)20/h3,6-8,10H,1-2,4-5,16H2,(H,17,18)(H,19,20). The van der Waals surface area contributed by atoms with Gasteiger partial charge in [0.15, 0.2) is 0 Å². The molecule has 0 radical (unpaired) electrons. The maximum absolute atomic E-state index is 12.1. The number of hydrogen-bond acceptors (Lipinski definition) is 3. The molecule has 0 atom stereocenters. The Bertz CT molecular complexity index is 525. The molecule has 0 saturated heterocycles. The number of nitrogens with two attached hydrogens (primary N) is 1. The van der Waals surface area contributed by atoms with E-state index in [2.05, 4.69) is 21.2 Å². The maximum atomic E-state index is 12.1. The topological polar surface area (TPSA) is 92.4 Å². The molecular formula is C14H17BrN2O3. The van der Waals surface area contributed by atoms with E-state index in [-0.39, 0.29) is 17.9 Å². The van der Waals surface area contributed by atoms with Gasteiger partial charge in [0.25, 0.3) is 5.91 Å². The minimum absolute atomic E-state index is 0.0504. The van der Waals surface area contributed by atoms with Gasteiger partial charge in [-0.2, -0.15) is 0 Å². The minimum atomic E-state index is -0.739. The average molecular weight is 341 g/mol. The van der Waals surface area contributed by atoms with Crippen molar-refractivity contribution in [3.63, 3.8) is 0 Å². The SMILES string of the molecule is Nc1ccc(C(=O)NC2CCC(C(=O)O)CC2)cc1Br. The summed E-state index contributed by atoms with van der Waals surface area (Å²) in [5, 5.41) is 11.9. The molecule has 5 nitrogen and oxygen atoms in total. The number of aliphatic carboxylic acids is 1. The van der Waals surface area contributed by atoms with Crippen molar-refractivity contribution in [3.8, 4) is 0 Å². The van der Waals surface area contributed by atoms with E-state index in [9.17, 15) is 9.59 Å². The summed E-state index contributed by atoms with van der Waals surface area (Å²) in [6.07, 6.45) is 2.65. The number of nitrogens with one attached hydrogen (secondary N) is 1. The van der Waals surface area contributed by atoms with Crippen LogP contribution in [0.15, 0.2) is 22.7 Å². The summed E-state index contributed by atoms with van der Waals surface area (Å²) in [7, 11) is 0. The summed E-state index contributed by atoms with van der Waals surface area (Å²) >= 11 is 3.29. The molecular weight excluding hydrogens is 324 g/mol. The van der Waals surface area contributed by atoms with Gasteiger partial charge in [-0.3, -0.25) is 9.59 Å². The van der Waals surface area contributed by atoms with Gasteiger partial charge in [-0.1, -0.05) is 0 Å². The van der Waals surface area contributed by atoms with E-state index in [1.807, 2.05) is 0 Å². The number of rotatable bonds is 3. The normalized spacial score (nSPS) is 22.2. The lowest BCUT2D eigenvalue weighted by molar-refractivity contribution is -0.142. The highest BCUT2D eigenvalue weighted by Gasteiger charge is 2.26. The van der Waals surface area contributed by atoms with Gasteiger partial charge in [0, 0.05) is 21.8 Å². The van der Waals surface area contributed by atoms with E-state index in [1.165, 1.54) is 0 Å². The summed E-state index contributed by atoms with van der Waals surface area (Å²) in [5.41, 5.74) is 6.82. The molecule has 1 amide bonds. The van der Waals surface area contributed by atoms with Gasteiger partial charge in [0.05, 0.1) is 5.92 Å². The second-order valence-corrected chi connectivity index (χ2v) is 5.95. The molecule has 0 aliphatic heterocycles. The van der Waals surface area contributed by atoms with Crippen LogP contribution in [0.4, 0.5) is 5.69 Å². The number of hydrogen-bond donors (Lipinski definition) is 3. The van der Waals surface area contributed by atoms with Gasteiger partial charge >= 0.3 is 5.97 Å². The van der Waals surface area contributed by atoms with Crippen LogP contribution in [0.5, 0.6) is 0 Å². The highest BCUT2D eigenvalue weighted by atomic mass is 79.9. The van der Waals surface area contributed by atoms with Crippen molar-refractivity contribution in [1.29, 1.82) is 0 Å². The Labute approximate surface area is 125 Å². The number of benzene rings is 1. The maximum Gasteiger partial charge on any atom is 0.306 e. The zero-order chi connectivity index (χ0) is 14.7. The van der Waals surface area contributed by atoms with Crippen LogP contribution in [-0.2, 0) is 4.79 Å². The molecule has 0 bridgehead atoms. The average Bonchev–Trinajstić information content (AvgIpc) is 2.42. The Morgan fingerprint density at radius 1 is 1.25 bits per heavy atom. The molecule has 4 N–H and O–H groups in total. The molecule has 0 aromatic heterocycles. The van der Waals surface area contributed by atoms with Gasteiger partial charge in [0.2, 0.25) is 0 Å². The quantitative estimate of drug-likeness (QED) is 0.736. The number of carboxylic acid groups (broad SMARTS) is 1. The highest BCUT2D eigenvalue weighted by molar-refractivity contribution is 9.10. The van der Waals surface area contributed by atoms with E-state index in [1.54, 1.807) is 18.2 Å². The van der Waals surface area contributed by atoms with Crippen molar-refractivity contribution >= 4 is 33.5 Å². The van der Waals surface area contributed by atoms with Crippen LogP contribution in [0.25, 0.3) is 0 Å². The Balaban J connectivity index is 1.92. The minimum Gasteiger partial charge on any atom is -0.481 e. The first-order valence-electron chi connectivity index (χ1n) is 6.56. The second kappa shape index (κ2) is 6.26. The lowest BCUT2D eigenvalue weighted by atomic mass is 9.86. The Morgan fingerprint density at radius 2 is 1.90 bits per heavy atom. The van der Waals surface area contributed by atoms with Gasteiger partial charge in [0.1, 0.15) is 0 Å². The summed E-state index contributed by atoms with van der Waals surface area (Å²) in [4.78, 5) is 23.0. The first kappa shape index (κ1) is 14.8. The van der Waals surface area contributed by atoms with Crippen molar-refractivity contribution < 1.29 is 14.7 Å². The van der Waals surface area contributed by atoms with Crippen molar-refractivity contribution in [2.45, 2.75) is 31.7 Å². The molecule has 1 saturated carbocycles. The van der Waals surface area contributed by atoms with Crippen LogP contribution >= 0.6 is 15.9 Å². The molecule has 1 aromatic rings. The zero-order valence-electron chi connectivity index (χ0n) is 10.9. The van der Waals surface area contributed by atoms with E-state index in [0.717, 1.165) is 0 Å². The van der Waals surface area contributed by atoms with Crippen LogP contribution in [-0.4, -0.2) is 23.0 Å². The number of amides is 1. The van der Waals surface area contributed by atoms with Crippen molar-refractivity contribution in [1.82, 2.24) is 5.32 Å². The Kier molecular flexibility index (Phi) is 4.65. The van der Waals surface area contributed by atoms with Crippen LogP contribution in [0.1, 0.15) is 36.0 Å². The summed E-state index contributed by atoms with van der Waals surface area (Å²) in [6.45, 7) is 0. The van der Waals surface area contributed by atoms with Crippen LogP contribution in [0.2, 0.25) is 0 Å². The lowest BCUT2D eigenvalue weighted by Gasteiger charge is -2.26. The molecule has 1 fully saturated rings. The molecule has 0 spiro atoms. The van der Waals surface area contributed by atoms with Crippen molar-refractivity contribution in [2.24, 2.45) is 5.92 Å². The molecule has 6 heteroatoms. The van der Waals surface area contributed by atoms with Crippen molar-refractivity contribution in [3.05, 3.63) is 28.2 Å². The number of carboxylic acids is 1. The zero-order valence-corrected chi connectivity index (χ0v) is 12.5. The predicted molar refractivity (Wildman–Crippen MR) is 79.4 cm³/mol. The number of anilines is 1. The first-order valence-corrected chi connectivity index (χ1v) is 7.35. The second-order valence-electron chi connectivity index (χ2n) is 5.10. The van der Waals surface area contributed by atoms with Crippen LogP contribution in [0, 0.1) is 5.92 Å². The van der Waals surface area contributed by atoms with E-state index >= 15 is 0 Å². The Hall–Kier alpha value is -1.56. The molecule has 20 heavy (non-hydrogen) atoms. The third-order valence-electron chi connectivity index (χ3n) is 3.67. The smallest absolute Gasteiger partial charge is 0.306 e. The molecule has 0 unspecified atom stereocenters. The molecule has 1 aliphatic carbocycles. The lowest BCUT2D eigenvalue weighted by Crippen LogP contribution is -2.38.